The molecule has 0 radical (unpaired) electrons. The molecule has 0 aliphatic carbocycles. The highest BCUT2D eigenvalue weighted by Crippen LogP contribution is 2.22. The highest BCUT2D eigenvalue weighted by atomic mass is 32.1. The van der Waals surface area contributed by atoms with Gasteiger partial charge < -0.3 is 14.2 Å². The van der Waals surface area contributed by atoms with Crippen molar-refractivity contribution in [2.24, 2.45) is 0 Å². The van der Waals surface area contributed by atoms with Gasteiger partial charge in [0.15, 0.2) is 5.82 Å². The van der Waals surface area contributed by atoms with E-state index in [9.17, 15) is 0 Å². The van der Waals surface area contributed by atoms with E-state index in [4.69, 9.17) is 9.26 Å². The van der Waals surface area contributed by atoms with Crippen molar-refractivity contribution in [3.8, 4) is 0 Å². The second-order valence-electron chi connectivity index (χ2n) is 5.89. The molecule has 0 atom stereocenters. The van der Waals surface area contributed by atoms with E-state index in [1.807, 2.05) is 0 Å². The van der Waals surface area contributed by atoms with Crippen molar-refractivity contribution in [1.29, 1.82) is 0 Å². The summed E-state index contributed by atoms with van der Waals surface area (Å²) in [5.41, 5.74) is 0. The second kappa shape index (κ2) is 7.33. The fourth-order valence-electron chi connectivity index (χ4n) is 2.42. The number of ether oxygens (including phenoxy) is 1. The van der Waals surface area contributed by atoms with E-state index in [-0.39, 0.29) is 0 Å². The van der Waals surface area contributed by atoms with Crippen LogP contribution < -0.4 is 4.90 Å². The minimum Gasteiger partial charge on any atom is -0.377 e. The summed E-state index contributed by atoms with van der Waals surface area (Å²) >= 11 is 1.49. The normalized spacial score (nSPS) is 16.4. The first-order chi connectivity index (χ1) is 11.2. The largest absolute Gasteiger partial charge is 0.377 e. The molecule has 0 unspecified atom stereocenters. The van der Waals surface area contributed by atoms with Gasteiger partial charge in [0.25, 0.3) is 0 Å². The molecule has 8 nitrogen and oxygen atoms in total. The van der Waals surface area contributed by atoms with Crippen LogP contribution in [0.2, 0.25) is 0 Å². The van der Waals surface area contributed by atoms with Crippen molar-refractivity contribution < 1.29 is 9.26 Å². The van der Waals surface area contributed by atoms with Crippen molar-refractivity contribution in [3.05, 3.63) is 17.5 Å². The zero-order valence-corrected chi connectivity index (χ0v) is 14.5. The summed E-state index contributed by atoms with van der Waals surface area (Å²) < 4.78 is 14.7. The quantitative estimate of drug-likeness (QED) is 0.784. The number of rotatable bonds is 6. The Labute approximate surface area is 139 Å². The molecule has 23 heavy (non-hydrogen) atoms. The number of hydrogen-bond donors (Lipinski definition) is 0. The predicted molar refractivity (Wildman–Crippen MR) is 86.5 cm³/mol. The molecule has 2 aromatic rings. The Kier molecular flexibility index (Phi) is 5.19. The van der Waals surface area contributed by atoms with E-state index in [0.29, 0.717) is 30.8 Å². The fourth-order valence-corrected chi connectivity index (χ4v) is 3.28. The zero-order valence-electron chi connectivity index (χ0n) is 13.7. The Hall–Kier alpha value is -1.58. The molecule has 1 aliphatic heterocycles. The summed E-state index contributed by atoms with van der Waals surface area (Å²) in [7, 11) is 1.62. The highest BCUT2D eigenvalue weighted by Gasteiger charge is 2.22. The van der Waals surface area contributed by atoms with Crippen molar-refractivity contribution in [1.82, 2.24) is 24.4 Å². The number of aromatic nitrogens is 4. The summed E-state index contributed by atoms with van der Waals surface area (Å²) in [5.74, 6) is 2.55. The van der Waals surface area contributed by atoms with Crippen LogP contribution in [0.4, 0.5) is 5.13 Å². The Morgan fingerprint density at radius 3 is 2.65 bits per heavy atom. The summed E-state index contributed by atoms with van der Waals surface area (Å²) in [6.07, 6.45) is 0. The van der Waals surface area contributed by atoms with Gasteiger partial charge in [0.1, 0.15) is 12.4 Å². The molecule has 9 heteroatoms. The first kappa shape index (κ1) is 16.3. The molecule has 126 valence electrons. The van der Waals surface area contributed by atoms with Crippen LogP contribution in [0, 0.1) is 0 Å². The minimum absolute atomic E-state index is 0.375. The van der Waals surface area contributed by atoms with Crippen LogP contribution in [0.15, 0.2) is 4.52 Å². The summed E-state index contributed by atoms with van der Waals surface area (Å²) in [5, 5.41) is 4.91. The van der Waals surface area contributed by atoms with Gasteiger partial charge >= 0.3 is 0 Å². The number of piperazine rings is 1. The molecule has 2 aromatic heterocycles. The Morgan fingerprint density at radius 1 is 1.22 bits per heavy atom. The van der Waals surface area contributed by atoms with Crippen LogP contribution in [0.5, 0.6) is 0 Å². The van der Waals surface area contributed by atoms with E-state index in [1.54, 1.807) is 7.11 Å². The van der Waals surface area contributed by atoms with Gasteiger partial charge in [-0.1, -0.05) is 19.0 Å². The van der Waals surface area contributed by atoms with Gasteiger partial charge in [0.2, 0.25) is 11.0 Å². The van der Waals surface area contributed by atoms with Gasteiger partial charge in [-0.25, -0.2) is 4.98 Å². The summed E-state index contributed by atoms with van der Waals surface area (Å²) in [6.45, 7) is 9.05. The van der Waals surface area contributed by atoms with E-state index in [0.717, 1.165) is 37.1 Å². The maximum absolute atomic E-state index is 5.24. The summed E-state index contributed by atoms with van der Waals surface area (Å²) in [4.78, 5) is 13.5. The molecule has 1 aliphatic rings. The molecular formula is C14H22N6O2S. The van der Waals surface area contributed by atoms with E-state index < -0.39 is 0 Å². The molecule has 0 amide bonds. The number of hydrogen-bond acceptors (Lipinski definition) is 9. The molecule has 0 saturated carbocycles. The predicted octanol–water partition coefficient (Wildman–Crippen LogP) is 1.51. The Bertz CT molecular complexity index is 620. The molecule has 1 saturated heterocycles. The summed E-state index contributed by atoms with van der Waals surface area (Å²) in [6, 6.07) is 0. The minimum atomic E-state index is 0.375. The van der Waals surface area contributed by atoms with Crippen LogP contribution in [-0.2, 0) is 17.9 Å². The highest BCUT2D eigenvalue weighted by molar-refractivity contribution is 7.09. The molecular weight excluding hydrogens is 316 g/mol. The molecule has 0 N–H and O–H groups in total. The smallest absolute Gasteiger partial charge is 0.240 e. The third kappa shape index (κ3) is 4.04. The molecule has 0 aromatic carbocycles. The lowest BCUT2D eigenvalue weighted by atomic mass is 10.2. The van der Waals surface area contributed by atoms with E-state index in [2.05, 4.69) is 43.1 Å². The first-order valence-electron chi connectivity index (χ1n) is 7.77. The van der Waals surface area contributed by atoms with Crippen molar-refractivity contribution >= 4 is 16.7 Å². The van der Waals surface area contributed by atoms with Crippen molar-refractivity contribution in [3.63, 3.8) is 0 Å². The van der Waals surface area contributed by atoms with E-state index in [1.165, 1.54) is 11.5 Å². The van der Waals surface area contributed by atoms with Gasteiger partial charge in [-0.15, -0.1) is 0 Å². The molecule has 0 bridgehead atoms. The number of anilines is 1. The van der Waals surface area contributed by atoms with Gasteiger partial charge in [-0.3, -0.25) is 4.90 Å². The van der Waals surface area contributed by atoms with Crippen LogP contribution in [0.25, 0.3) is 0 Å². The van der Waals surface area contributed by atoms with Crippen LogP contribution >= 0.6 is 11.5 Å². The van der Waals surface area contributed by atoms with Crippen molar-refractivity contribution in [2.45, 2.75) is 32.9 Å². The van der Waals surface area contributed by atoms with Gasteiger partial charge in [0, 0.05) is 50.7 Å². The monoisotopic (exact) mass is 338 g/mol. The topological polar surface area (TPSA) is 80.4 Å². The Morgan fingerprint density at radius 2 is 2.00 bits per heavy atom. The molecule has 0 spiro atoms. The first-order valence-corrected chi connectivity index (χ1v) is 8.54. The number of nitrogens with zero attached hydrogens (tertiary/aromatic N) is 6. The second-order valence-corrected chi connectivity index (χ2v) is 6.62. The maximum atomic E-state index is 5.24. The standard InChI is InChI=1S/C14H22N6O2S/c1-10(2)13-16-14(23-18-13)20-6-4-19(5-7-20)8-12-15-11(9-21-3)17-22-12/h10H,4-9H2,1-3H3. The van der Waals surface area contributed by atoms with Crippen LogP contribution in [0.3, 0.4) is 0 Å². The molecule has 1 fully saturated rings. The molecule has 3 rings (SSSR count). The van der Waals surface area contributed by atoms with Gasteiger partial charge in [0.05, 0.1) is 6.54 Å². The average Bonchev–Trinajstić information content (AvgIpc) is 3.18. The van der Waals surface area contributed by atoms with Gasteiger partial charge in [-0.2, -0.15) is 9.36 Å². The lowest BCUT2D eigenvalue weighted by Gasteiger charge is -2.33. The fraction of sp³-hybridized carbons (Fsp3) is 0.714. The molecule has 3 heterocycles. The van der Waals surface area contributed by atoms with Gasteiger partial charge in [-0.05, 0) is 0 Å². The average molecular weight is 338 g/mol. The lowest BCUT2D eigenvalue weighted by Crippen LogP contribution is -2.46. The third-order valence-electron chi connectivity index (χ3n) is 3.73. The lowest BCUT2D eigenvalue weighted by molar-refractivity contribution is 0.174. The van der Waals surface area contributed by atoms with Crippen molar-refractivity contribution in [2.75, 3.05) is 38.2 Å². The third-order valence-corrected chi connectivity index (χ3v) is 4.52. The number of methoxy groups -OCH3 is 1. The van der Waals surface area contributed by atoms with Crippen LogP contribution in [0.1, 0.15) is 37.3 Å². The van der Waals surface area contributed by atoms with E-state index >= 15 is 0 Å². The van der Waals surface area contributed by atoms with Crippen LogP contribution in [-0.4, -0.2) is 57.7 Å². The zero-order chi connectivity index (χ0) is 16.2. The maximum Gasteiger partial charge on any atom is 0.240 e. The Balaban J connectivity index is 1.51. The SMILES string of the molecule is COCc1noc(CN2CCN(c3nc(C(C)C)ns3)CC2)n1.